The SMILES string of the molecule is CC(=O)Nc1nnc(S(=O)(=O)NCCc2ccccc2O)s1. The van der Waals surface area contributed by atoms with Crippen LogP contribution in [0.2, 0.25) is 0 Å². The predicted molar refractivity (Wildman–Crippen MR) is 81.2 cm³/mol. The second kappa shape index (κ2) is 6.81. The number of nitrogens with zero attached hydrogens (tertiary/aromatic N) is 2. The van der Waals surface area contributed by atoms with E-state index in [0.717, 1.165) is 11.3 Å². The minimum Gasteiger partial charge on any atom is -0.508 e. The van der Waals surface area contributed by atoms with Crippen LogP contribution < -0.4 is 10.0 Å². The highest BCUT2D eigenvalue weighted by atomic mass is 32.2. The van der Waals surface area contributed by atoms with Gasteiger partial charge in [0.25, 0.3) is 10.0 Å². The summed E-state index contributed by atoms with van der Waals surface area (Å²) in [6.45, 7) is 1.40. The van der Waals surface area contributed by atoms with Gasteiger partial charge >= 0.3 is 0 Å². The number of aromatic hydroxyl groups is 1. The van der Waals surface area contributed by atoms with Crippen LogP contribution in [0.1, 0.15) is 12.5 Å². The lowest BCUT2D eigenvalue weighted by Gasteiger charge is -2.05. The molecule has 0 saturated heterocycles. The van der Waals surface area contributed by atoms with E-state index in [1.54, 1.807) is 18.2 Å². The fourth-order valence-corrected chi connectivity index (χ4v) is 3.64. The number of amides is 1. The summed E-state index contributed by atoms with van der Waals surface area (Å²) in [7, 11) is -3.80. The maximum atomic E-state index is 12.0. The summed E-state index contributed by atoms with van der Waals surface area (Å²) in [5.74, 6) is -0.238. The molecule has 0 radical (unpaired) electrons. The normalized spacial score (nSPS) is 11.3. The van der Waals surface area contributed by atoms with E-state index in [0.29, 0.717) is 12.0 Å². The van der Waals surface area contributed by atoms with E-state index in [1.807, 2.05) is 0 Å². The maximum Gasteiger partial charge on any atom is 0.269 e. The van der Waals surface area contributed by atoms with E-state index in [4.69, 9.17) is 0 Å². The molecule has 0 spiro atoms. The number of carbonyl (C=O) groups excluding carboxylic acids is 1. The molecule has 8 nitrogen and oxygen atoms in total. The van der Waals surface area contributed by atoms with Crippen molar-refractivity contribution in [1.29, 1.82) is 0 Å². The minimum atomic E-state index is -3.80. The second-order valence-corrected chi connectivity index (χ2v) is 7.25. The molecule has 0 aliphatic heterocycles. The average molecular weight is 342 g/mol. The van der Waals surface area contributed by atoms with Crippen molar-refractivity contribution < 1.29 is 18.3 Å². The van der Waals surface area contributed by atoms with Gasteiger partial charge in [-0.1, -0.05) is 29.5 Å². The highest BCUT2D eigenvalue weighted by molar-refractivity contribution is 7.91. The van der Waals surface area contributed by atoms with Gasteiger partial charge in [-0.2, -0.15) is 0 Å². The van der Waals surface area contributed by atoms with Crippen LogP contribution in [0.3, 0.4) is 0 Å². The Morgan fingerprint density at radius 1 is 1.32 bits per heavy atom. The molecule has 2 aromatic rings. The number of phenolic OH excluding ortho intramolecular Hbond substituents is 1. The maximum absolute atomic E-state index is 12.0. The number of sulfonamides is 1. The lowest BCUT2D eigenvalue weighted by molar-refractivity contribution is -0.114. The van der Waals surface area contributed by atoms with Crippen molar-refractivity contribution in [3.63, 3.8) is 0 Å². The quantitative estimate of drug-likeness (QED) is 0.665. The molecule has 0 aliphatic rings. The largest absolute Gasteiger partial charge is 0.508 e. The first-order valence-electron chi connectivity index (χ1n) is 6.26. The Bertz CT molecular complexity index is 773. The number of hydrogen-bond donors (Lipinski definition) is 3. The van der Waals surface area contributed by atoms with Crippen molar-refractivity contribution in [2.75, 3.05) is 11.9 Å². The van der Waals surface area contributed by atoms with Crippen LogP contribution in [0.25, 0.3) is 0 Å². The van der Waals surface area contributed by atoms with Crippen molar-refractivity contribution in [3.05, 3.63) is 29.8 Å². The Morgan fingerprint density at radius 2 is 2.05 bits per heavy atom. The zero-order valence-corrected chi connectivity index (χ0v) is 13.2. The third-order valence-electron chi connectivity index (χ3n) is 2.60. The Kier molecular flexibility index (Phi) is 5.06. The zero-order valence-electron chi connectivity index (χ0n) is 11.6. The molecule has 22 heavy (non-hydrogen) atoms. The van der Waals surface area contributed by atoms with Crippen LogP contribution >= 0.6 is 11.3 Å². The molecular formula is C12H14N4O4S2. The summed E-state index contributed by atoms with van der Waals surface area (Å²) in [5, 5.41) is 19.2. The molecule has 0 aliphatic carbocycles. The molecule has 1 aromatic heterocycles. The monoisotopic (exact) mass is 342 g/mol. The molecule has 10 heteroatoms. The van der Waals surface area contributed by atoms with Gasteiger partial charge in [0, 0.05) is 13.5 Å². The van der Waals surface area contributed by atoms with Crippen LogP contribution in [0.5, 0.6) is 5.75 Å². The number of rotatable bonds is 6. The first kappa shape index (κ1) is 16.3. The van der Waals surface area contributed by atoms with Crippen molar-refractivity contribution in [2.45, 2.75) is 17.7 Å². The average Bonchev–Trinajstić information content (AvgIpc) is 2.89. The third-order valence-corrected chi connectivity index (χ3v) is 5.26. The van der Waals surface area contributed by atoms with Crippen molar-refractivity contribution in [1.82, 2.24) is 14.9 Å². The summed E-state index contributed by atoms with van der Waals surface area (Å²) in [5.41, 5.74) is 0.640. The Labute approximate surface area is 131 Å². The molecule has 0 bridgehead atoms. The molecule has 2 rings (SSSR count). The summed E-state index contributed by atoms with van der Waals surface area (Å²) < 4.78 is 26.2. The molecule has 1 heterocycles. The van der Waals surface area contributed by atoms with E-state index >= 15 is 0 Å². The summed E-state index contributed by atoms with van der Waals surface area (Å²) in [6, 6.07) is 6.69. The first-order chi connectivity index (χ1) is 10.4. The van der Waals surface area contributed by atoms with Gasteiger partial charge < -0.3 is 10.4 Å². The smallest absolute Gasteiger partial charge is 0.269 e. The van der Waals surface area contributed by atoms with Crippen molar-refractivity contribution >= 4 is 32.4 Å². The van der Waals surface area contributed by atoms with Gasteiger partial charge in [-0.25, -0.2) is 13.1 Å². The van der Waals surface area contributed by atoms with E-state index in [-0.39, 0.29) is 27.7 Å². The Hall–Kier alpha value is -2.04. The molecule has 0 unspecified atom stereocenters. The number of para-hydroxylation sites is 1. The van der Waals surface area contributed by atoms with Gasteiger partial charge in [-0.05, 0) is 18.1 Å². The molecule has 1 aromatic carbocycles. The molecule has 0 saturated carbocycles. The van der Waals surface area contributed by atoms with Crippen molar-refractivity contribution in [2.24, 2.45) is 0 Å². The number of phenols is 1. The van der Waals surface area contributed by atoms with Gasteiger partial charge in [0.1, 0.15) is 5.75 Å². The molecule has 0 atom stereocenters. The van der Waals surface area contributed by atoms with E-state index in [1.165, 1.54) is 13.0 Å². The lowest BCUT2D eigenvalue weighted by atomic mass is 10.1. The molecular weight excluding hydrogens is 328 g/mol. The molecule has 1 amide bonds. The van der Waals surface area contributed by atoms with E-state index < -0.39 is 10.0 Å². The second-order valence-electron chi connectivity index (χ2n) is 4.33. The minimum absolute atomic E-state index is 0.106. The molecule has 3 N–H and O–H groups in total. The zero-order chi connectivity index (χ0) is 16.2. The number of anilines is 1. The summed E-state index contributed by atoms with van der Waals surface area (Å²) in [4.78, 5) is 10.9. The van der Waals surface area contributed by atoms with Crippen molar-refractivity contribution in [3.8, 4) is 5.75 Å². The van der Waals surface area contributed by atoms with Gasteiger partial charge in [0.05, 0.1) is 0 Å². The third kappa shape index (κ3) is 4.23. The highest BCUT2D eigenvalue weighted by Gasteiger charge is 2.20. The van der Waals surface area contributed by atoms with Gasteiger partial charge in [0.15, 0.2) is 0 Å². The summed E-state index contributed by atoms with van der Waals surface area (Å²) >= 11 is 0.764. The molecule has 118 valence electrons. The predicted octanol–water partition coefficient (Wildman–Crippen LogP) is 0.723. The van der Waals surface area contributed by atoms with Crippen LogP contribution in [-0.2, 0) is 21.2 Å². The van der Waals surface area contributed by atoms with Crippen LogP contribution in [0, 0.1) is 0 Å². The Morgan fingerprint density at radius 3 is 2.73 bits per heavy atom. The Balaban J connectivity index is 1.98. The molecule has 0 fully saturated rings. The summed E-state index contributed by atoms with van der Waals surface area (Å²) in [6.07, 6.45) is 0.337. The van der Waals surface area contributed by atoms with Gasteiger partial charge in [-0.3, -0.25) is 4.79 Å². The van der Waals surface area contributed by atoms with E-state index in [2.05, 4.69) is 20.2 Å². The van der Waals surface area contributed by atoms with Gasteiger partial charge in [0.2, 0.25) is 15.4 Å². The number of nitrogens with one attached hydrogen (secondary N) is 2. The fraction of sp³-hybridized carbons (Fsp3) is 0.250. The first-order valence-corrected chi connectivity index (χ1v) is 8.56. The van der Waals surface area contributed by atoms with Crippen LogP contribution in [-0.4, -0.2) is 36.2 Å². The lowest BCUT2D eigenvalue weighted by Crippen LogP contribution is -2.26. The number of benzene rings is 1. The number of carbonyl (C=O) groups is 1. The van der Waals surface area contributed by atoms with Crippen LogP contribution in [0.4, 0.5) is 5.13 Å². The number of aromatic nitrogens is 2. The van der Waals surface area contributed by atoms with E-state index in [9.17, 15) is 18.3 Å². The fourth-order valence-electron chi connectivity index (χ4n) is 1.62. The number of hydrogen-bond acceptors (Lipinski definition) is 7. The van der Waals surface area contributed by atoms with Crippen LogP contribution in [0.15, 0.2) is 28.6 Å². The topological polar surface area (TPSA) is 121 Å². The highest BCUT2D eigenvalue weighted by Crippen LogP contribution is 2.20. The standard InChI is InChI=1S/C12H14N4O4S2/c1-8(17)14-11-15-16-12(21-11)22(19,20)13-7-6-9-4-2-3-5-10(9)18/h2-5,13,18H,6-7H2,1H3,(H,14,15,17). The van der Waals surface area contributed by atoms with Gasteiger partial charge in [-0.15, -0.1) is 10.2 Å².